The van der Waals surface area contributed by atoms with Gasteiger partial charge in [0.1, 0.15) is 11.9 Å². The monoisotopic (exact) mass is 341 g/mol. The van der Waals surface area contributed by atoms with Crippen LogP contribution < -0.4 is 5.32 Å². The molecule has 2 aliphatic heterocycles. The molecule has 2 amide bonds. The number of carbonyl (C=O) groups excluding carboxylic acids is 2. The SMILES string of the molecule is O=C1NCCN2CCN(C(=O)Cc3nc(-c4cccnc4)n[nH]3)CC12. The highest BCUT2D eigenvalue weighted by Gasteiger charge is 2.36. The molecule has 2 saturated heterocycles. The molecule has 1 unspecified atom stereocenters. The predicted octanol–water partition coefficient (Wildman–Crippen LogP) is -0.948. The van der Waals surface area contributed by atoms with E-state index in [1.54, 1.807) is 17.3 Å². The van der Waals surface area contributed by atoms with Crippen LogP contribution in [-0.2, 0) is 16.0 Å². The van der Waals surface area contributed by atoms with Crippen molar-refractivity contribution >= 4 is 11.8 Å². The lowest BCUT2D eigenvalue weighted by Crippen LogP contribution is -2.64. The van der Waals surface area contributed by atoms with Crippen molar-refractivity contribution in [2.45, 2.75) is 12.5 Å². The molecule has 2 aromatic heterocycles. The number of hydrogen-bond donors (Lipinski definition) is 2. The van der Waals surface area contributed by atoms with Gasteiger partial charge in [-0.05, 0) is 12.1 Å². The first kappa shape index (κ1) is 15.7. The van der Waals surface area contributed by atoms with Gasteiger partial charge in [-0.2, -0.15) is 5.10 Å². The molecule has 2 fully saturated rings. The summed E-state index contributed by atoms with van der Waals surface area (Å²) in [4.78, 5) is 36.8. The Morgan fingerprint density at radius 3 is 3.08 bits per heavy atom. The van der Waals surface area contributed by atoms with Crippen molar-refractivity contribution in [1.29, 1.82) is 0 Å². The lowest BCUT2D eigenvalue weighted by atomic mass is 10.1. The summed E-state index contributed by atoms with van der Waals surface area (Å²) in [5.41, 5.74) is 0.796. The van der Waals surface area contributed by atoms with Gasteiger partial charge < -0.3 is 10.2 Å². The third-order valence-corrected chi connectivity index (χ3v) is 4.61. The Bertz CT molecular complexity index is 776. The normalized spacial score (nSPS) is 20.9. The van der Waals surface area contributed by atoms with Crippen molar-refractivity contribution in [2.75, 3.05) is 32.7 Å². The highest BCUT2D eigenvalue weighted by molar-refractivity contribution is 5.84. The highest BCUT2D eigenvalue weighted by atomic mass is 16.2. The maximum absolute atomic E-state index is 12.6. The molecule has 9 nitrogen and oxygen atoms in total. The average molecular weight is 341 g/mol. The molecule has 0 aromatic carbocycles. The van der Waals surface area contributed by atoms with Crippen LogP contribution in [0.5, 0.6) is 0 Å². The minimum Gasteiger partial charge on any atom is -0.353 e. The predicted molar refractivity (Wildman–Crippen MR) is 88.3 cm³/mol. The van der Waals surface area contributed by atoms with Crippen LogP contribution >= 0.6 is 0 Å². The molecular formula is C16H19N7O2. The number of hydrogen-bond acceptors (Lipinski definition) is 6. The Morgan fingerprint density at radius 2 is 2.24 bits per heavy atom. The lowest BCUT2D eigenvalue weighted by Gasteiger charge is -2.42. The van der Waals surface area contributed by atoms with Gasteiger partial charge >= 0.3 is 0 Å². The zero-order valence-electron chi connectivity index (χ0n) is 13.7. The number of nitrogens with zero attached hydrogens (tertiary/aromatic N) is 5. The minimum atomic E-state index is -0.243. The number of aromatic nitrogens is 4. The summed E-state index contributed by atoms with van der Waals surface area (Å²) in [6, 6.07) is 3.43. The number of carbonyl (C=O) groups is 2. The molecule has 0 aliphatic carbocycles. The van der Waals surface area contributed by atoms with Gasteiger partial charge in [-0.1, -0.05) is 0 Å². The van der Waals surface area contributed by atoms with E-state index in [0.717, 1.165) is 18.7 Å². The van der Waals surface area contributed by atoms with Gasteiger partial charge in [0.2, 0.25) is 11.8 Å². The molecule has 0 radical (unpaired) electrons. The van der Waals surface area contributed by atoms with E-state index >= 15 is 0 Å². The van der Waals surface area contributed by atoms with Gasteiger partial charge in [0.25, 0.3) is 0 Å². The van der Waals surface area contributed by atoms with Crippen LogP contribution in [0.3, 0.4) is 0 Å². The molecule has 4 heterocycles. The van der Waals surface area contributed by atoms with Crippen LogP contribution in [-0.4, -0.2) is 80.5 Å². The first-order chi connectivity index (χ1) is 12.2. The van der Waals surface area contributed by atoms with Crippen molar-refractivity contribution in [3.05, 3.63) is 30.4 Å². The molecule has 1 atom stereocenters. The lowest BCUT2D eigenvalue weighted by molar-refractivity contribution is -0.139. The van der Waals surface area contributed by atoms with E-state index in [1.165, 1.54) is 0 Å². The third kappa shape index (κ3) is 3.22. The number of H-pyrrole nitrogens is 1. The summed E-state index contributed by atoms with van der Waals surface area (Å²) < 4.78 is 0. The summed E-state index contributed by atoms with van der Waals surface area (Å²) in [5.74, 6) is 0.987. The van der Waals surface area contributed by atoms with Gasteiger partial charge in [-0.3, -0.25) is 24.6 Å². The number of amides is 2. The highest BCUT2D eigenvalue weighted by Crippen LogP contribution is 2.15. The molecule has 9 heteroatoms. The van der Waals surface area contributed by atoms with Gasteiger partial charge in [0, 0.05) is 50.7 Å². The Hall–Kier alpha value is -2.81. The van der Waals surface area contributed by atoms with Crippen LogP contribution in [0.1, 0.15) is 5.82 Å². The van der Waals surface area contributed by atoms with Crippen molar-refractivity contribution < 1.29 is 9.59 Å². The van der Waals surface area contributed by atoms with Crippen LogP contribution in [0.15, 0.2) is 24.5 Å². The summed E-state index contributed by atoms with van der Waals surface area (Å²) in [6.07, 6.45) is 3.50. The Morgan fingerprint density at radius 1 is 1.32 bits per heavy atom. The van der Waals surface area contributed by atoms with Gasteiger partial charge in [0.05, 0.1) is 6.42 Å². The number of aromatic amines is 1. The van der Waals surface area contributed by atoms with Crippen LogP contribution in [0, 0.1) is 0 Å². The molecule has 0 bridgehead atoms. The minimum absolute atomic E-state index is 0.00211. The van der Waals surface area contributed by atoms with E-state index in [0.29, 0.717) is 31.3 Å². The average Bonchev–Trinajstić information content (AvgIpc) is 3.11. The van der Waals surface area contributed by atoms with Crippen LogP contribution in [0.4, 0.5) is 0 Å². The van der Waals surface area contributed by atoms with Crippen LogP contribution in [0.2, 0.25) is 0 Å². The summed E-state index contributed by atoms with van der Waals surface area (Å²) in [5, 5.41) is 9.82. The molecule has 2 aromatic rings. The molecule has 2 N–H and O–H groups in total. The molecule has 130 valence electrons. The first-order valence-corrected chi connectivity index (χ1v) is 8.32. The topological polar surface area (TPSA) is 107 Å². The summed E-state index contributed by atoms with van der Waals surface area (Å²) in [6.45, 7) is 3.30. The van der Waals surface area contributed by atoms with Crippen molar-refractivity contribution in [3.63, 3.8) is 0 Å². The molecule has 25 heavy (non-hydrogen) atoms. The second-order valence-electron chi connectivity index (χ2n) is 6.21. The van der Waals surface area contributed by atoms with E-state index < -0.39 is 0 Å². The smallest absolute Gasteiger partial charge is 0.239 e. The van der Waals surface area contributed by atoms with E-state index in [4.69, 9.17) is 0 Å². The number of rotatable bonds is 3. The van der Waals surface area contributed by atoms with Crippen molar-refractivity contribution in [2.24, 2.45) is 0 Å². The zero-order valence-corrected chi connectivity index (χ0v) is 13.7. The number of fused-ring (bicyclic) bond motifs is 1. The first-order valence-electron chi connectivity index (χ1n) is 8.32. The molecule has 2 aliphatic rings. The molecule has 0 saturated carbocycles. The van der Waals surface area contributed by atoms with E-state index in [1.807, 2.05) is 12.1 Å². The standard InChI is InChI=1S/C16H19N7O2/c24-14(23-7-6-22-5-4-18-16(25)12(22)10-23)8-13-19-15(21-20-13)11-2-1-3-17-9-11/h1-3,9,12H,4-8,10H2,(H,18,25)(H,19,20,21). The second kappa shape index (κ2) is 6.60. The molecule has 4 rings (SSSR count). The fourth-order valence-corrected chi connectivity index (χ4v) is 3.26. The van der Waals surface area contributed by atoms with E-state index in [9.17, 15) is 9.59 Å². The fraction of sp³-hybridized carbons (Fsp3) is 0.438. The van der Waals surface area contributed by atoms with Gasteiger partial charge in [-0.15, -0.1) is 0 Å². The number of nitrogens with one attached hydrogen (secondary N) is 2. The van der Waals surface area contributed by atoms with Crippen LogP contribution in [0.25, 0.3) is 11.4 Å². The van der Waals surface area contributed by atoms with E-state index in [2.05, 4.69) is 30.4 Å². The Balaban J connectivity index is 1.41. The molecular weight excluding hydrogens is 322 g/mol. The van der Waals surface area contributed by atoms with Crippen molar-refractivity contribution in [1.82, 2.24) is 35.3 Å². The van der Waals surface area contributed by atoms with Gasteiger partial charge in [-0.25, -0.2) is 4.98 Å². The van der Waals surface area contributed by atoms with E-state index in [-0.39, 0.29) is 24.3 Å². The Kier molecular flexibility index (Phi) is 4.14. The zero-order chi connectivity index (χ0) is 17.2. The second-order valence-corrected chi connectivity index (χ2v) is 6.21. The van der Waals surface area contributed by atoms with Crippen molar-refractivity contribution in [3.8, 4) is 11.4 Å². The maximum Gasteiger partial charge on any atom is 0.239 e. The van der Waals surface area contributed by atoms with Gasteiger partial charge in [0.15, 0.2) is 5.82 Å². The maximum atomic E-state index is 12.6. The fourth-order valence-electron chi connectivity index (χ4n) is 3.26. The largest absolute Gasteiger partial charge is 0.353 e. The number of pyridine rings is 1. The number of piperazine rings is 2. The Labute approximate surface area is 144 Å². The molecule has 0 spiro atoms. The summed E-state index contributed by atoms with van der Waals surface area (Å²) >= 11 is 0. The quantitative estimate of drug-likeness (QED) is 0.746. The third-order valence-electron chi connectivity index (χ3n) is 4.61. The summed E-state index contributed by atoms with van der Waals surface area (Å²) in [7, 11) is 0.